The highest BCUT2D eigenvalue weighted by Crippen LogP contribution is 2.51. The number of nitrogens with zero attached hydrogens (tertiary/aromatic N) is 1. The third kappa shape index (κ3) is 1.89. The molecule has 0 radical (unpaired) electrons. The first-order chi connectivity index (χ1) is 7.59. The number of rotatable bonds is 4. The van der Waals surface area contributed by atoms with Crippen LogP contribution in [0.1, 0.15) is 18.4 Å². The Morgan fingerprint density at radius 3 is 2.75 bits per heavy atom. The van der Waals surface area contributed by atoms with Gasteiger partial charge in [0.05, 0.1) is 11.5 Å². The van der Waals surface area contributed by atoms with Crippen LogP contribution in [0.3, 0.4) is 0 Å². The minimum atomic E-state index is -0.401. The molecule has 1 aromatic rings. The molecular weight excluding hydrogens is 232 g/mol. The Labute approximate surface area is 97.2 Å². The summed E-state index contributed by atoms with van der Waals surface area (Å²) in [4.78, 5) is 15.1. The third-order valence-electron chi connectivity index (χ3n) is 2.94. The lowest BCUT2D eigenvalue weighted by molar-refractivity contribution is -0.385. The van der Waals surface area contributed by atoms with Gasteiger partial charge in [0.1, 0.15) is 0 Å². The number of nitrogens with two attached hydrogens (primary N) is 1. The number of hydrogen-bond acceptors (Lipinski definition) is 4. The van der Waals surface area contributed by atoms with Gasteiger partial charge in [-0.2, -0.15) is 0 Å². The van der Waals surface area contributed by atoms with Crippen molar-refractivity contribution in [3.05, 3.63) is 38.9 Å². The van der Waals surface area contributed by atoms with Gasteiger partial charge in [0.15, 0.2) is 0 Å². The van der Waals surface area contributed by atoms with Crippen LogP contribution in [0.25, 0.3) is 0 Å². The van der Waals surface area contributed by atoms with Crippen molar-refractivity contribution in [2.24, 2.45) is 5.90 Å². The van der Waals surface area contributed by atoms with Gasteiger partial charge in [0.2, 0.25) is 0 Å². The predicted octanol–water partition coefficient (Wildman–Crippen LogP) is 2.17. The number of benzene rings is 1. The molecule has 1 saturated carbocycles. The highest BCUT2D eigenvalue weighted by Gasteiger charge is 2.48. The molecule has 0 spiro atoms. The lowest BCUT2D eigenvalue weighted by Crippen LogP contribution is -2.19. The van der Waals surface area contributed by atoms with Crippen molar-refractivity contribution in [3.8, 4) is 0 Å². The van der Waals surface area contributed by atoms with Gasteiger partial charge in [-0.3, -0.25) is 10.1 Å². The van der Waals surface area contributed by atoms with Crippen molar-refractivity contribution in [1.29, 1.82) is 0 Å². The molecule has 1 aliphatic carbocycles. The fourth-order valence-electron chi connectivity index (χ4n) is 1.89. The molecule has 0 saturated heterocycles. The molecule has 1 aromatic carbocycles. The van der Waals surface area contributed by atoms with E-state index < -0.39 is 4.92 Å². The normalized spacial score (nSPS) is 17.1. The van der Waals surface area contributed by atoms with E-state index >= 15 is 0 Å². The maximum Gasteiger partial charge on any atom is 0.273 e. The summed E-state index contributed by atoms with van der Waals surface area (Å²) >= 11 is 5.86. The lowest BCUT2D eigenvalue weighted by Gasteiger charge is -2.14. The van der Waals surface area contributed by atoms with Crippen molar-refractivity contribution in [1.82, 2.24) is 0 Å². The smallest absolute Gasteiger partial charge is 0.273 e. The fraction of sp³-hybridized carbons (Fsp3) is 0.400. The molecule has 0 bridgehead atoms. The van der Waals surface area contributed by atoms with Gasteiger partial charge in [-0.1, -0.05) is 11.6 Å². The SMILES string of the molecule is NOCC1(c2cc(Cl)ccc2[N+](=O)[O-])CC1. The zero-order valence-electron chi connectivity index (χ0n) is 8.48. The van der Waals surface area contributed by atoms with Gasteiger partial charge in [0.25, 0.3) is 5.69 Å². The molecule has 16 heavy (non-hydrogen) atoms. The molecule has 5 nitrogen and oxygen atoms in total. The summed E-state index contributed by atoms with van der Waals surface area (Å²) in [5.74, 6) is 5.05. The highest BCUT2D eigenvalue weighted by molar-refractivity contribution is 6.30. The van der Waals surface area contributed by atoms with E-state index in [1.807, 2.05) is 0 Å². The van der Waals surface area contributed by atoms with E-state index in [1.54, 1.807) is 6.07 Å². The van der Waals surface area contributed by atoms with E-state index in [2.05, 4.69) is 4.84 Å². The largest absolute Gasteiger partial charge is 0.304 e. The highest BCUT2D eigenvalue weighted by atomic mass is 35.5. The summed E-state index contributed by atoms with van der Waals surface area (Å²) in [5.41, 5.74) is 0.386. The molecule has 6 heteroatoms. The quantitative estimate of drug-likeness (QED) is 0.648. The minimum Gasteiger partial charge on any atom is -0.304 e. The Bertz CT molecular complexity index is 432. The van der Waals surface area contributed by atoms with E-state index in [0.717, 1.165) is 12.8 Å². The molecule has 0 atom stereocenters. The monoisotopic (exact) mass is 242 g/mol. The Morgan fingerprint density at radius 2 is 2.25 bits per heavy atom. The van der Waals surface area contributed by atoms with Crippen LogP contribution in [0.4, 0.5) is 5.69 Å². The number of hydrogen-bond donors (Lipinski definition) is 1. The van der Waals surface area contributed by atoms with Gasteiger partial charge < -0.3 is 4.84 Å². The van der Waals surface area contributed by atoms with E-state index in [-0.39, 0.29) is 17.7 Å². The molecule has 0 aromatic heterocycles. The van der Waals surface area contributed by atoms with Gasteiger partial charge in [-0.05, 0) is 25.0 Å². The molecule has 0 aliphatic heterocycles. The van der Waals surface area contributed by atoms with Crippen molar-refractivity contribution in [3.63, 3.8) is 0 Å². The summed E-state index contributed by atoms with van der Waals surface area (Å²) in [6.45, 7) is 0.286. The molecule has 2 rings (SSSR count). The van der Waals surface area contributed by atoms with Crippen LogP contribution in [0.5, 0.6) is 0 Å². The van der Waals surface area contributed by atoms with Crippen LogP contribution < -0.4 is 5.90 Å². The molecule has 0 amide bonds. The summed E-state index contributed by atoms with van der Waals surface area (Å²) in [7, 11) is 0. The van der Waals surface area contributed by atoms with Crippen molar-refractivity contribution >= 4 is 17.3 Å². The zero-order chi connectivity index (χ0) is 11.8. The molecule has 86 valence electrons. The fourth-order valence-corrected chi connectivity index (χ4v) is 2.07. The standard InChI is InChI=1S/C10H11ClN2O3/c11-7-1-2-9(13(14)15)8(5-7)10(3-4-10)6-16-12/h1-2,5H,3-4,6,12H2. The Morgan fingerprint density at radius 1 is 1.56 bits per heavy atom. The van der Waals surface area contributed by atoms with E-state index in [1.165, 1.54) is 12.1 Å². The van der Waals surface area contributed by atoms with Crippen molar-refractivity contribution < 1.29 is 9.76 Å². The summed E-state index contributed by atoms with van der Waals surface area (Å²) < 4.78 is 0. The van der Waals surface area contributed by atoms with Crippen LogP contribution in [-0.4, -0.2) is 11.5 Å². The average Bonchev–Trinajstić information content (AvgIpc) is 2.99. The molecule has 1 fully saturated rings. The maximum absolute atomic E-state index is 10.9. The van der Waals surface area contributed by atoms with E-state index in [0.29, 0.717) is 10.6 Å². The number of nitro benzene ring substituents is 1. The molecular formula is C10H11ClN2O3. The molecule has 2 N–H and O–H groups in total. The van der Waals surface area contributed by atoms with E-state index in [4.69, 9.17) is 17.5 Å². The predicted molar refractivity (Wildman–Crippen MR) is 59.2 cm³/mol. The summed E-state index contributed by atoms with van der Waals surface area (Å²) in [6, 6.07) is 4.57. The lowest BCUT2D eigenvalue weighted by atomic mass is 9.95. The molecule has 0 unspecified atom stereocenters. The van der Waals surface area contributed by atoms with E-state index in [9.17, 15) is 10.1 Å². The maximum atomic E-state index is 10.9. The van der Waals surface area contributed by atoms with Gasteiger partial charge in [-0.15, -0.1) is 0 Å². The van der Waals surface area contributed by atoms with Crippen LogP contribution in [0.15, 0.2) is 18.2 Å². The first kappa shape index (κ1) is 11.3. The van der Waals surface area contributed by atoms with Gasteiger partial charge in [-0.25, -0.2) is 5.90 Å². The first-order valence-corrected chi connectivity index (χ1v) is 5.23. The van der Waals surface area contributed by atoms with Gasteiger partial charge in [0, 0.05) is 22.1 Å². The van der Waals surface area contributed by atoms with Crippen molar-refractivity contribution in [2.45, 2.75) is 18.3 Å². The first-order valence-electron chi connectivity index (χ1n) is 4.85. The third-order valence-corrected chi connectivity index (χ3v) is 3.17. The topological polar surface area (TPSA) is 78.4 Å². The average molecular weight is 243 g/mol. The minimum absolute atomic E-state index is 0.0824. The Hall–Kier alpha value is -1.17. The van der Waals surface area contributed by atoms with Crippen molar-refractivity contribution in [2.75, 3.05) is 6.61 Å². The van der Waals surface area contributed by atoms with Crippen LogP contribution in [-0.2, 0) is 10.3 Å². The van der Waals surface area contributed by atoms with Crippen LogP contribution >= 0.6 is 11.6 Å². The second-order valence-corrected chi connectivity index (χ2v) is 4.45. The summed E-state index contributed by atoms with van der Waals surface area (Å²) in [6.07, 6.45) is 1.68. The van der Waals surface area contributed by atoms with Crippen LogP contribution in [0, 0.1) is 10.1 Å². The molecule has 1 aliphatic rings. The second kappa shape index (κ2) is 4.01. The number of nitro groups is 1. The van der Waals surface area contributed by atoms with Crippen LogP contribution in [0.2, 0.25) is 5.02 Å². The zero-order valence-corrected chi connectivity index (χ0v) is 9.24. The Kier molecular flexibility index (Phi) is 2.84. The summed E-state index contributed by atoms with van der Waals surface area (Å²) in [5, 5.41) is 11.4. The molecule has 0 heterocycles. The number of halogens is 1. The second-order valence-electron chi connectivity index (χ2n) is 4.01. The Balaban J connectivity index is 2.46. The van der Waals surface area contributed by atoms with Gasteiger partial charge >= 0.3 is 0 Å².